The van der Waals surface area contributed by atoms with Crippen molar-refractivity contribution < 1.29 is 0 Å². The first-order valence-electron chi connectivity index (χ1n) is 10.1. The van der Waals surface area contributed by atoms with Crippen LogP contribution in [-0.4, -0.2) is 53.6 Å². The Labute approximate surface area is 152 Å². The molecule has 138 valence electrons. The molecule has 0 saturated carbocycles. The predicted octanol–water partition coefficient (Wildman–Crippen LogP) is 3.70. The van der Waals surface area contributed by atoms with E-state index in [-0.39, 0.29) is 0 Å². The lowest BCUT2D eigenvalue weighted by molar-refractivity contribution is 0.237. The average Bonchev–Trinajstić information content (AvgIpc) is 2.92. The largest absolute Gasteiger partial charge is 0.356 e. The number of hydrogen-bond donors (Lipinski definition) is 1. The third kappa shape index (κ3) is 5.70. The molecule has 25 heavy (non-hydrogen) atoms. The Bertz CT molecular complexity index is 537. The first-order chi connectivity index (χ1) is 12.3. The lowest BCUT2D eigenvalue weighted by Gasteiger charge is -2.32. The number of likely N-dealkylation sites (tertiary alicyclic amines) is 1. The maximum absolute atomic E-state index is 4.80. The van der Waals surface area contributed by atoms with Gasteiger partial charge in [0.15, 0.2) is 0 Å². The summed E-state index contributed by atoms with van der Waals surface area (Å²) in [5.41, 5.74) is 0. The number of rotatable bonds is 6. The van der Waals surface area contributed by atoms with E-state index in [9.17, 15) is 0 Å². The van der Waals surface area contributed by atoms with E-state index in [0.717, 1.165) is 44.4 Å². The van der Waals surface area contributed by atoms with Crippen molar-refractivity contribution in [3.05, 3.63) is 24.4 Å². The molecule has 5 heteroatoms. The molecule has 2 aliphatic heterocycles. The number of aromatic nitrogens is 2. The Balaban J connectivity index is 1.56. The summed E-state index contributed by atoms with van der Waals surface area (Å²) in [6.45, 7) is 7.76. The topological polar surface area (TPSA) is 44.3 Å². The van der Waals surface area contributed by atoms with Crippen molar-refractivity contribution in [1.29, 1.82) is 0 Å². The molecule has 0 aliphatic carbocycles. The number of nitrogens with one attached hydrogen (secondary N) is 1. The van der Waals surface area contributed by atoms with Gasteiger partial charge in [-0.2, -0.15) is 4.98 Å². The quantitative estimate of drug-likeness (QED) is 0.798. The molecule has 1 atom stereocenters. The fourth-order valence-electron chi connectivity index (χ4n) is 3.81. The zero-order valence-corrected chi connectivity index (χ0v) is 15.7. The normalized spacial score (nSPS) is 22.9. The van der Waals surface area contributed by atoms with Crippen LogP contribution < -0.4 is 10.2 Å². The van der Waals surface area contributed by atoms with Crippen LogP contribution in [0.1, 0.15) is 51.9 Å². The Kier molecular flexibility index (Phi) is 7.10. The maximum Gasteiger partial charge on any atom is 0.224 e. The van der Waals surface area contributed by atoms with Crippen molar-refractivity contribution in [1.82, 2.24) is 14.9 Å². The Hall–Kier alpha value is -1.62. The van der Waals surface area contributed by atoms with E-state index in [1.807, 2.05) is 6.20 Å². The lowest BCUT2D eigenvalue weighted by Crippen LogP contribution is -2.42. The van der Waals surface area contributed by atoms with Gasteiger partial charge in [0.05, 0.1) is 0 Å². The van der Waals surface area contributed by atoms with E-state index in [2.05, 4.69) is 45.2 Å². The van der Waals surface area contributed by atoms with Gasteiger partial charge in [-0.15, -0.1) is 0 Å². The maximum atomic E-state index is 4.80. The van der Waals surface area contributed by atoms with Crippen LogP contribution in [0.3, 0.4) is 0 Å². The van der Waals surface area contributed by atoms with Crippen LogP contribution in [0.25, 0.3) is 0 Å². The van der Waals surface area contributed by atoms with Crippen LogP contribution in [-0.2, 0) is 0 Å². The molecule has 2 aliphatic rings. The second-order valence-corrected chi connectivity index (χ2v) is 7.26. The summed E-state index contributed by atoms with van der Waals surface area (Å²) in [5, 5.41) is 3.58. The molecule has 0 radical (unpaired) electrons. The molecular weight excluding hydrogens is 310 g/mol. The Morgan fingerprint density at radius 3 is 2.76 bits per heavy atom. The first-order valence-corrected chi connectivity index (χ1v) is 10.1. The van der Waals surface area contributed by atoms with E-state index >= 15 is 0 Å². The molecule has 3 rings (SSSR count). The third-order valence-electron chi connectivity index (χ3n) is 5.18. The van der Waals surface area contributed by atoms with Crippen LogP contribution in [0, 0.1) is 0 Å². The van der Waals surface area contributed by atoms with E-state index in [1.165, 1.54) is 45.1 Å². The van der Waals surface area contributed by atoms with Gasteiger partial charge in [0.1, 0.15) is 5.82 Å². The van der Waals surface area contributed by atoms with Crippen molar-refractivity contribution in [2.45, 2.75) is 57.9 Å². The molecule has 5 nitrogen and oxygen atoms in total. The van der Waals surface area contributed by atoms with Gasteiger partial charge in [-0.05, 0) is 44.7 Å². The number of anilines is 2. The van der Waals surface area contributed by atoms with E-state index < -0.39 is 0 Å². The number of nitrogens with zero attached hydrogens (tertiary/aromatic N) is 4. The fourth-order valence-corrected chi connectivity index (χ4v) is 3.81. The van der Waals surface area contributed by atoms with Crippen LogP contribution in [0.5, 0.6) is 0 Å². The van der Waals surface area contributed by atoms with Gasteiger partial charge in [-0.3, -0.25) is 4.90 Å². The van der Waals surface area contributed by atoms with Crippen LogP contribution in [0.15, 0.2) is 24.4 Å². The number of allylic oxidation sites excluding steroid dienone is 1. The fraction of sp³-hybridized carbons (Fsp3) is 0.700. The van der Waals surface area contributed by atoms with Gasteiger partial charge in [0.25, 0.3) is 0 Å². The van der Waals surface area contributed by atoms with Gasteiger partial charge in [0.2, 0.25) is 5.95 Å². The summed E-state index contributed by atoms with van der Waals surface area (Å²) < 4.78 is 0. The Morgan fingerprint density at radius 2 is 1.96 bits per heavy atom. The SMILES string of the molecule is CCC=CCN1CCCC(Nc2nccc(N3CCCCCC3)n2)C1. The van der Waals surface area contributed by atoms with Gasteiger partial charge < -0.3 is 10.2 Å². The molecule has 2 saturated heterocycles. The molecule has 3 heterocycles. The smallest absolute Gasteiger partial charge is 0.224 e. The molecule has 2 fully saturated rings. The molecular formula is C20H33N5. The summed E-state index contributed by atoms with van der Waals surface area (Å²) in [6.07, 6.45) is 15.2. The Morgan fingerprint density at radius 1 is 1.12 bits per heavy atom. The summed E-state index contributed by atoms with van der Waals surface area (Å²) >= 11 is 0. The summed E-state index contributed by atoms with van der Waals surface area (Å²) in [5.74, 6) is 1.87. The average molecular weight is 344 g/mol. The number of piperidine rings is 1. The molecule has 1 aromatic rings. The highest BCUT2D eigenvalue weighted by Crippen LogP contribution is 2.19. The highest BCUT2D eigenvalue weighted by atomic mass is 15.2. The lowest BCUT2D eigenvalue weighted by atomic mass is 10.1. The van der Waals surface area contributed by atoms with E-state index in [4.69, 9.17) is 4.98 Å². The van der Waals surface area contributed by atoms with Gasteiger partial charge >= 0.3 is 0 Å². The van der Waals surface area contributed by atoms with Crippen LogP contribution in [0.4, 0.5) is 11.8 Å². The highest BCUT2D eigenvalue weighted by molar-refractivity contribution is 5.43. The van der Waals surface area contributed by atoms with Gasteiger partial charge in [-0.1, -0.05) is 31.9 Å². The standard InChI is InChI=1S/C20H33N5/c1-2-3-6-13-24-14-9-10-18(17-24)22-20-21-12-11-19(23-20)25-15-7-4-5-8-16-25/h3,6,11-12,18H,2,4-5,7-10,13-17H2,1H3,(H,21,22,23). The molecule has 1 aromatic heterocycles. The summed E-state index contributed by atoms with van der Waals surface area (Å²) in [7, 11) is 0. The monoisotopic (exact) mass is 343 g/mol. The minimum atomic E-state index is 0.447. The zero-order chi connectivity index (χ0) is 17.3. The molecule has 0 aromatic carbocycles. The van der Waals surface area contributed by atoms with Crippen molar-refractivity contribution in [3.8, 4) is 0 Å². The van der Waals surface area contributed by atoms with Crippen molar-refractivity contribution in [2.24, 2.45) is 0 Å². The third-order valence-corrected chi connectivity index (χ3v) is 5.18. The number of hydrogen-bond acceptors (Lipinski definition) is 5. The zero-order valence-electron chi connectivity index (χ0n) is 15.7. The molecule has 1 unspecified atom stereocenters. The van der Waals surface area contributed by atoms with Crippen molar-refractivity contribution >= 4 is 11.8 Å². The first kappa shape index (κ1) is 18.2. The van der Waals surface area contributed by atoms with E-state index in [0.29, 0.717) is 6.04 Å². The molecule has 0 bridgehead atoms. The van der Waals surface area contributed by atoms with E-state index in [1.54, 1.807) is 0 Å². The second kappa shape index (κ2) is 9.76. The highest BCUT2D eigenvalue weighted by Gasteiger charge is 2.20. The minimum absolute atomic E-state index is 0.447. The molecule has 1 N–H and O–H groups in total. The van der Waals surface area contributed by atoms with Crippen LogP contribution in [0.2, 0.25) is 0 Å². The summed E-state index contributed by atoms with van der Waals surface area (Å²) in [4.78, 5) is 14.2. The molecule has 0 spiro atoms. The molecule has 0 amide bonds. The van der Waals surface area contributed by atoms with Crippen molar-refractivity contribution in [2.75, 3.05) is 42.9 Å². The second-order valence-electron chi connectivity index (χ2n) is 7.26. The minimum Gasteiger partial charge on any atom is -0.356 e. The van der Waals surface area contributed by atoms with Gasteiger partial charge in [0, 0.05) is 38.4 Å². The van der Waals surface area contributed by atoms with Gasteiger partial charge in [-0.25, -0.2) is 4.98 Å². The predicted molar refractivity (Wildman–Crippen MR) is 105 cm³/mol. The summed E-state index contributed by atoms with van der Waals surface area (Å²) in [6, 6.07) is 2.50. The van der Waals surface area contributed by atoms with Crippen LogP contribution >= 0.6 is 0 Å². The van der Waals surface area contributed by atoms with Crippen molar-refractivity contribution in [3.63, 3.8) is 0 Å².